The van der Waals surface area contributed by atoms with Crippen molar-refractivity contribution in [1.82, 2.24) is 9.29 Å². The summed E-state index contributed by atoms with van der Waals surface area (Å²) in [5.74, 6) is 0.362. The van der Waals surface area contributed by atoms with Crippen molar-refractivity contribution in [3.8, 4) is 0 Å². The van der Waals surface area contributed by atoms with Crippen molar-refractivity contribution in [2.75, 3.05) is 18.4 Å². The summed E-state index contributed by atoms with van der Waals surface area (Å²) in [6, 6.07) is 3.36. The largest absolute Gasteiger partial charge is 0.302 e. The van der Waals surface area contributed by atoms with E-state index in [9.17, 15) is 13.2 Å². The van der Waals surface area contributed by atoms with Crippen molar-refractivity contribution in [3.05, 3.63) is 28.6 Å². The Bertz CT molecular complexity index is 848. The number of aromatic nitrogens is 1. The molecule has 4 rings (SSSR count). The number of rotatable bonds is 5. The molecule has 1 saturated heterocycles. The second-order valence-electron chi connectivity index (χ2n) is 6.45. The average molecular weight is 398 g/mol. The van der Waals surface area contributed by atoms with Crippen molar-refractivity contribution in [2.24, 2.45) is 5.92 Å². The number of carbonyl (C=O) groups is 1. The minimum absolute atomic E-state index is 0.0510. The van der Waals surface area contributed by atoms with Crippen molar-refractivity contribution in [3.63, 3.8) is 0 Å². The number of hydrogen-bond acceptors (Lipinski definition) is 6. The topological polar surface area (TPSA) is 79.4 Å². The van der Waals surface area contributed by atoms with Gasteiger partial charge in [0, 0.05) is 30.3 Å². The van der Waals surface area contributed by atoms with Crippen LogP contribution in [0.5, 0.6) is 0 Å². The van der Waals surface area contributed by atoms with Gasteiger partial charge in [-0.2, -0.15) is 4.31 Å². The first-order chi connectivity index (χ1) is 12.0. The fourth-order valence-electron chi connectivity index (χ4n) is 3.01. The lowest BCUT2D eigenvalue weighted by Gasteiger charge is -2.29. The van der Waals surface area contributed by atoms with E-state index in [2.05, 4.69) is 10.3 Å². The summed E-state index contributed by atoms with van der Waals surface area (Å²) in [6.45, 7) is 0.757. The van der Waals surface area contributed by atoms with E-state index in [4.69, 9.17) is 0 Å². The molecule has 0 unspecified atom stereocenters. The highest BCUT2D eigenvalue weighted by Crippen LogP contribution is 2.41. The number of sulfonamides is 1. The normalized spacial score (nSPS) is 19.8. The molecular formula is C16H19N3O3S3. The predicted octanol–water partition coefficient (Wildman–Crippen LogP) is 3.12. The highest BCUT2D eigenvalue weighted by molar-refractivity contribution is 7.91. The van der Waals surface area contributed by atoms with Crippen molar-refractivity contribution in [1.29, 1.82) is 0 Å². The van der Waals surface area contributed by atoms with Gasteiger partial charge in [-0.3, -0.25) is 4.79 Å². The maximum absolute atomic E-state index is 12.5. The Labute approximate surface area is 154 Å². The Kier molecular flexibility index (Phi) is 4.65. The monoisotopic (exact) mass is 397 g/mol. The number of thiophene rings is 1. The number of hydrogen-bond donors (Lipinski definition) is 1. The van der Waals surface area contributed by atoms with Crippen LogP contribution in [0.4, 0.5) is 5.13 Å². The van der Waals surface area contributed by atoms with Gasteiger partial charge in [-0.1, -0.05) is 6.07 Å². The SMILES string of the molecule is O=C(Nc1nc(C2CC2)cs1)C1CCN(S(=O)(=O)c2cccs2)CC1. The van der Waals surface area contributed by atoms with Crippen LogP contribution in [-0.2, 0) is 14.8 Å². The molecule has 25 heavy (non-hydrogen) atoms. The third kappa shape index (κ3) is 3.64. The maximum atomic E-state index is 12.5. The second-order valence-corrected chi connectivity index (χ2v) is 10.4. The van der Waals surface area contributed by atoms with Crippen LogP contribution in [0, 0.1) is 5.92 Å². The maximum Gasteiger partial charge on any atom is 0.252 e. The Balaban J connectivity index is 1.34. The number of nitrogens with zero attached hydrogens (tertiary/aromatic N) is 2. The van der Waals surface area contributed by atoms with Gasteiger partial charge in [-0.25, -0.2) is 13.4 Å². The molecule has 0 aromatic carbocycles. The highest BCUT2D eigenvalue weighted by Gasteiger charge is 2.33. The van der Waals surface area contributed by atoms with Crippen LogP contribution in [0.15, 0.2) is 27.1 Å². The summed E-state index contributed by atoms with van der Waals surface area (Å²) in [5, 5.41) is 7.33. The van der Waals surface area contributed by atoms with Crippen LogP contribution in [0.3, 0.4) is 0 Å². The van der Waals surface area contributed by atoms with Crippen molar-refractivity contribution in [2.45, 2.75) is 35.8 Å². The standard InChI is InChI=1S/C16H19N3O3S3/c20-15(18-16-17-13(10-24-16)11-3-4-11)12-5-7-19(8-6-12)25(21,22)14-2-1-9-23-14/h1-2,9-12H,3-8H2,(H,17,18,20). The lowest BCUT2D eigenvalue weighted by atomic mass is 9.97. The van der Waals surface area contributed by atoms with Gasteiger partial charge in [-0.05, 0) is 37.1 Å². The summed E-state index contributed by atoms with van der Waals surface area (Å²) < 4.78 is 26.9. The first-order valence-electron chi connectivity index (χ1n) is 8.34. The van der Waals surface area contributed by atoms with E-state index in [1.165, 1.54) is 39.8 Å². The highest BCUT2D eigenvalue weighted by atomic mass is 32.2. The number of piperidine rings is 1. The molecule has 1 aliphatic heterocycles. The zero-order valence-corrected chi connectivity index (χ0v) is 16.0. The second kappa shape index (κ2) is 6.79. The van der Waals surface area contributed by atoms with E-state index >= 15 is 0 Å². The molecule has 1 saturated carbocycles. The molecule has 9 heteroatoms. The van der Waals surface area contributed by atoms with Gasteiger partial charge in [0.05, 0.1) is 5.69 Å². The van der Waals surface area contributed by atoms with E-state index < -0.39 is 10.0 Å². The molecule has 2 fully saturated rings. The van der Waals surface area contributed by atoms with Crippen molar-refractivity contribution >= 4 is 43.7 Å². The number of amides is 1. The lowest BCUT2D eigenvalue weighted by molar-refractivity contribution is -0.120. The van der Waals surface area contributed by atoms with Gasteiger partial charge in [0.25, 0.3) is 10.0 Å². The summed E-state index contributed by atoms with van der Waals surface area (Å²) >= 11 is 2.69. The van der Waals surface area contributed by atoms with Crippen LogP contribution in [-0.4, -0.2) is 36.7 Å². The number of thiazole rings is 1. The van der Waals surface area contributed by atoms with Crippen LogP contribution in [0.2, 0.25) is 0 Å². The smallest absolute Gasteiger partial charge is 0.252 e. The molecule has 2 aliphatic rings. The Morgan fingerprint density at radius 3 is 2.60 bits per heavy atom. The lowest BCUT2D eigenvalue weighted by Crippen LogP contribution is -2.41. The number of nitrogens with one attached hydrogen (secondary N) is 1. The van der Waals surface area contributed by atoms with Gasteiger partial charge < -0.3 is 5.32 Å². The molecule has 2 aromatic rings. The van der Waals surface area contributed by atoms with Gasteiger partial charge in [-0.15, -0.1) is 22.7 Å². The third-order valence-electron chi connectivity index (χ3n) is 4.66. The minimum Gasteiger partial charge on any atom is -0.302 e. The Morgan fingerprint density at radius 2 is 1.96 bits per heavy atom. The van der Waals surface area contributed by atoms with Gasteiger partial charge >= 0.3 is 0 Å². The molecule has 1 aliphatic carbocycles. The first-order valence-corrected chi connectivity index (χ1v) is 11.5. The van der Waals surface area contributed by atoms with Gasteiger partial charge in [0.1, 0.15) is 4.21 Å². The Hall–Kier alpha value is -1.29. The van der Waals surface area contributed by atoms with Crippen LogP contribution < -0.4 is 5.32 Å². The third-order valence-corrected chi connectivity index (χ3v) is 8.71. The van der Waals surface area contributed by atoms with Crippen LogP contribution in [0.1, 0.15) is 37.3 Å². The molecule has 3 heterocycles. The molecule has 6 nitrogen and oxygen atoms in total. The summed E-state index contributed by atoms with van der Waals surface area (Å²) in [7, 11) is -3.42. The minimum atomic E-state index is -3.42. The molecule has 0 atom stereocenters. The summed E-state index contributed by atoms with van der Waals surface area (Å²) in [5.41, 5.74) is 1.08. The molecule has 134 valence electrons. The number of anilines is 1. The molecular weight excluding hydrogens is 378 g/mol. The van der Waals surface area contributed by atoms with Gasteiger partial charge in [0.15, 0.2) is 5.13 Å². The summed E-state index contributed by atoms with van der Waals surface area (Å²) in [4.78, 5) is 16.9. The van der Waals surface area contributed by atoms with Gasteiger partial charge in [0.2, 0.25) is 5.91 Å². The van der Waals surface area contributed by atoms with E-state index in [1.54, 1.807) is 17.5 Å². The molecule has 1 N–H and O–H groups in total. The molecule has 2 aromatic heterocycles. The Morgan fingerprint density at radius 1 is 1.20 bits per heavy atom. The van der Waals surface area contributed by atoms with E-state index in [-0.39, 0.29) is 11.8 Å². The van der Waals surface area contributed by atoms with Crippen LogP contribution >= 0.6 is 22.7 Å². The molecule has 1 amide bonds. The fraction of sp³-hybridized carbons (Fsp3) is 0.500. The van der Waals surface area contributed by atoms with E-state index in [1.807, 2.05) is 5.38 Å². The quantitative estimate of drug-likeness (QED) is 0.841. The molecule has 0 spiro atoms. The van der Waals surface area contributed by atoms with Crippen molar-refractivity contribution < 1.29 is 13.2 Å². The average Bonchev–Trinajstić information content (AvgIpc) is 3.11. The molecule has 0 bridgehead atoms. The first kappa shape index (κ1) is 17.1. The fourth-order valence-corrected chi connectivity index (χ4v) is 6.42. The summed E-state index contributed by atoms with van der Waals surface area (Å²) in [6.07, 6.45) is 3.46. The zero-order valence-electron chi connectivity index (χ0n) is 13.6. The predicted molar refractivity (Wildman–Crippen MR) is 98.5 cm³/mol. The number of carbonyl (C=O) groups excluding carboxylic acids is 1. The van der Waals surface area contributed by atoms with Crippen LogP contribution in [0.25, 0.3) is 0 Å². The zero-order chi connectivity index (χ0) is 17.4. The van der Waals surface area contributed by atoms with E-state index in [0.29, 0.717) is 41.2 Å². The molecule has 0 radical (unpaired) electrons. The van der Waals surface area contributed by atoms with E-state index in [0.717, 1.165) is 5.69 Å².